The maximum Gasteiger partial charge on any atom is 0.186 e. The maximum absolute atomic E-state index is 14.3. The first-order chi connectivity index (χ1) is 28.5. The number of aliphatic imine (C=N–C) groups is 1. The summed E-state index contributed by atoms with van der Waals surface area (Å²) in [6.07, 6.45) is 11.8. The van der Waals surface area contributed by atoms with E-state index in [0.29, 0.717) is 56.0 Å². The molecular weight excluding hydrogens is 743 g/mol. The van der Waals surface area contributed by atoms with Crippen molar-refractivity contribution in [2.24, 2.45) is 52.0 Å². The quantitative estimate of drug-likeness (QED) is 0.0530. The second-order valence-electron chi connectivity index (χ2n) is 18.0. The van der Waals surface area contributed by atoms with Crippen LogP contribution in [0.2, 0.25) is 0 Å². The number of carbonyl (C=O) groups is 1. The lowest BCUT2D eigenvalue weighted by Gasteiger charge is -2.49. The summed E-state index contributed by atoms with van der Waals surface area (Å²) in [5.74, 6) is 7.91. The van der Waals surface area contributed by atoms with Crippen molar-refractivity contribution < 1.29 is 34.7 Å². The molecule has 7 rings (SSSR count). The second-order valence-corrected chi connectivity index (χ2v) is 18.0. The Kier molecular flexibility index (Phi) is 13.8. The average molecular weight is 808 g/mol. The van der Waals surface area contributed by atoms with E-state index in [-0.39, 0.29) is 96.4 Å². The summed E-state index contributed by atoms with van der Waals surface area (Å²) in [4.78, 5) is 19.0. The zero-order valence-corrected chi connectivity index (χ0v) is 35.2. The monoisotopic (exact) mass is 807 g/mol. The summed E-state index contributed by atoms with van der Waals surface area (Å²) in [6, 6.07) is 9.26. The number of nitrogens with zero attached hydrogens (tertiary/aromatic N) is 1. The van der Waals surface area contributed by atoms with Crippen LogP contribution in [0, 0.1) is 47.3 Å². The van der Waals surface area contributed by atoms with Gasteiger partial charge in [0.2, 0.25) is 0 Å². The molecule has 0 saturated heterocycles. The summed E-state index contributed by atoms with van der Waals surface area (Å²) < 4.78 is 12.8. The molecule has 59 heavy (non-hydrogen) atoms. The van der Waals surface area contributed by atoms with E-state index in [9.17, 15) is 25.2 Å². The second kappa shape index (κ2) is 19.0. The predicted molar refractivity (Wildman–Crippen MR) is 230 cm³/mol. The zero-order chi connectivity index (χ0) is 41.8. The summed E-state index contributed by atoms with van der Waals surface area (Å²) in [7, 11) is 1.73. The summed E-state index contributed by atoms with van der Waals surface area (Å²) >= 11 is 0. The zero-order valence-electron chi connectivity index (χ0n) is 35.2. The van der Waals surface area contributed by atoms with Crippen LogP contribution in [0.1, 0.15) is 125 Å². The van der Waals surface area contributed by atoms with E-state index < -0.39 is 0 Å². The van der Waals surface area contributed by atoms with Gasteiger partial charge in [0.15, 0.2) is 23.2 Å². The number of aliphatic hydroxyl groups excluding tert-OH is 2. The van der Waals surface area contributed by atoms with E-state index in [0.717, 1.165) is 72.8 Å². The number of Topliss-reactive ketones (excluding diaryl/α,β-unsaturated/α-hetero) is 1. The number of allylic oxidation sites excluding steroid dienone is 3. The normalized spacial score (nSPS) is 29.4. The maximum atomic E-state index is 14.3. The van der Waals surface area contributed by atoms with Gasteiger partial charge in [-0.1, -0.05) is 49.5 Å². The number of methoxy groups -OCH3 is 1. The third kappa shape index (κ3) is 9.08. The Morgan fingerprint density at radius 2 is 1.85 bits per heavy atom. The first-order valence-corrected chi connectivity index (χ1v) is 22.1. The van der Waals surface area contributed by atoms with E-state index in [1.54, 1.807) is 13.2 Å². The topological polar surface area (TPSA) is 181 Å². The van der Waals surface area contributed by atoms with Gasteiger partial charge in [0.1, 0.15) is 5.75 Å². The van der Waals surface area contributed by atoms with Crippen molar-refractivity contribution in [3.63, 3.8) is 0 Å². The number of nitrogens with two attached hydrogens (primary N) is 2. The minimum atomic E-state index is -0.276. The number of phenolic OH excluding ortho intramolecular Hbond substituents is 2. The SMILES string of the molecule is CCC1C(CO)=C(C(=O)CCc2cc(OC3CCCC3)c(O)c3c2C#CCC(N=C(N)N)CC2C=C4C(c5cccc(O)c5)CC(C)CC4C3C2COC)CCC1CO. The van der Waals surface area contributed by atoms with Gasteiger partial charge >= 0.3 is 0 Å². The van der Waals surface area contributed by atoms with Crippen molar-refractivity contribution >= 4 is 11.7 Å². The van der Waals surface area contributed by atoms with Crippen LogP contribution in [0.15, 0.2) is 58.1 Å². The first kappa shape index (κ1) is 42.8. The minimum Gasteiger partial charge on any atom is -0.508 e. The Bertz CT molecular complexity index is 2000. The lowest BCUT2D eigenvalue weighted by atomic mass is 9.55. The van der Waals surface area contributed by atoms with Crippen molar-refractivity contribution in [3.05, 3.63) is 75.4 Å². The number of hydrogen-bond acceptors (Lipinski definition) is 8. The van der Waals surface area contributed by atoms with Crippen LogP contribution in [0.4, 0.5) is 0 Å². The van der Waals surface area contributed by atoms with Crippen molar-refractivity contribution in [1.29, 1.82) is 0 Å². The summed E-state index contributed by atoms with van der Waals surface area (Å²) in [5, 5.41) is 44.0. The number of aliphatic hydroxyl groups is 2. The molecule has 5 aliphatic rings. The fourth-order valence-electron chi connectivity index (χ4n) is 11.7. The van der Waals surface area contributed by atoms with Crippen molar-refractivity contribution in [2.45, 2.75) is 121 Å². The molecule has 0 radical (unpaired) electrons. The lowest BCUT2D eigenvalue weighted by molar-refractivity contribution is -0.116. The molecule has 2 aromatic rings. The Hall–Kier alpha value is -4.30. The molecule has 2 fully saturated rings. The number of carbonyl (C=O) groups excluding carboxylic acids is 1. The van der Waals surface area contributed by atoms with Crippen LogP contribution in [0.5, 0.6) is 17.2 Å². The Morgan fingerprint density at radius 1 is 1.05 bits per heavy atom. The fraction of sp³-hybridized carbons (Fsp3) is 0.592. The highest BCUT2D eigenvalue weighted by Crippen LogP contribution is 2.59. The average Bonchev–Trinajstić information content (AvgIpc) is 3.73. The highest BCUT2D eigenvalue weighted by Gasteiger charge is 2.48. The number of aromatic hydroxyl groups is 2. The van der Waals surface area contributed by atoms with Crippen molar-refractivity contribution in [3.8, 4) is 29.1 Å². The van der Waals surface area contributed by atoms with Gasteiger partial charge in [0.25, 0.3) is 0 Å². The molecule has 0 aliphatic heterocycles. The largest absolute Gasteiger partial charge is 0.508 e. The third-order valence-corrected chi connectivity index (χ3v) is 14.3. The number of ketones is 1. The van der Waals surface area contributed by atoms with Crippen LogP contribution < -0.4 is 16.2 Å². The molecule has 10 nitrogen and oxygen atoms in total. The van der Waals surface area contributed by atoms with Gasteiger partial charge < -0.3 is 41.4 Å². The molecular formula is C49H65N3O7. The number of rotatable bonds is 13. The van der Waals surface area contributed by atoms with Gasteiger partial charge in [-0.15, -0.1) is 0 Å². The number of guanidine groups is 1. The highest BCUT2D eigenvalue weighted by atomic mass is 16.5. The van der Waals surface area contributed by atoms with Gasteiger partial charge in [0, 0.05) is 49.5 Å². The summed E-state index contributed by atoms with van der Waals surface area (Å²) in [5.41, 5.74) is 18.2. The molecule has 0 heterocycles. The highest BCUT2D eigenvalue weighted by molar-refractivity contribution is 5.96. The number of fused-ring (bicyclic) bond motifs is 6. The molecule has 0 spiro atoms. The van der Waals surface area contributed by atoms with Crippen LogP contribution >= 0.6 is 0 Å². The lowest BCUT2D eigenvalue weighted by Crippen LogP contribution is -2.41. The number of hydrogen-bond donors (Lipinski definition) is 6. The molecule has 2 aromatic carbocycles. The van der Waals surface area contributed by atoms with Crippen LogP contribution in [-0.2, 0) is 16.0 Å². The minimum absolute atomic E-state index is 0.0000979. The predicted octanol–water partition coefficient (Wildman–Crippen LogP) is 7.16. The number of phenols is 2. The van der Waals surface area contributed by atoms with Crippen molar-refractivity contribution in [2.75, 3.05) is 26.9 Å². The van der Waals surface area contributed by atoms with Gasteiger partial charge in [-0.2, -0.15) is 0 Å². The van der Waals surface area contributed by atoms with E-state index >= 15 is 0 Å². The van der Waals surface area contributed by atoms with Gasteiger partial charge in [0.05, 0.1) is 25.4 Å². The Balaban J connectivity index is 1.41. The standard InChI is InChI=1S/C49H65N3O7/c1-4-36-31(25-53)15-17-38(42(36)26-54)44(56)18-16-30-24-45(59-35-12-5-6-13-35)48(57)47-37(30)14-8-10-33(52-49(50)51)21-32-23-40-39(29-9-7-11-34(55)22-29)19-28(2)20-41(40)46(47)43(32)27-58-3/h7,9,11,22-24,28,31-33,35-36,39,41,43,46,53-55,57H,4-6,10,12-13,15-21,25-27H2,1-3H3,(H4,50,51,52). The molecule has 10 heteroatoms. The smallest absolute Gasteiger partial charge is 0.186 e. The molecule has 9 atom stereocenters. The van der Waals surface area contributed by atoms with Crippen LogP contribution in [0.3, 0.4) is 0 Å². The van der Waals surface area contributed by atoms with Gasteiger partial charge in [-0.25, -0.2) is 4.99 Å². The van der Waals surface area contributed by atoms with Gasteiger partial charge in [-0.3, -0.25) is 4.79 Å². The van der Waals surface area contributed by atoms with E-state index in [1.807, 2.05) is 25.1 Å². The first-order valence-electron chi connectivity index (χ1n) is 22.1. The summed E-state index contributed by atoms with van der Waals surface area (Å²) in [6.45, 7) is 4.61. The van der Waals surface area contributed by atoms with Gasteiger partial charge in [-0.05, 0) is 147 Å². The van der Waals surface area contributed by atoms with Crippen molar-refractivity contribution in [1.82, 2.24) is 0 Å². The Labute approximate surface area is 350 Å². The Morgan fingerprint density at radius 3 is 2.54 bits per heavy atom. The molecule has 5 aliphatic carbocycles. The molecule has 318 valence electrons. The van der Waals surface area contributed by atoms with E-state index in [2.05, 4.69) is 35.9 Å². The molecule has 2 bridgehead atoms. The van der Waals surface area contributed by atoms with Crippen LogP contribution in [-0.4, -0.2) is 71.2 Å². The number of ether oxygens (including phenoxy) is 2. The molecule has 2 saturated carbocycles. The molecule has 9 unspecified atom stereocenters. The number of aryl methyl sites for hydroxylation is 1. The molecule has 0 amide bonds. The third-order valence-electron chi connectivity index (χ3n) is 14.3. The van der Waals surface area contributed by atoms with E-state index in [1.165, 1.54) is 5.57 Å². The fourth-order valence-corrected chi connectivity index (χ4v) is 11.7. The number of benzene rings is 2. The molecule has 0 aromatic heterocycles. The van der Waals surface area contributed by atoms with Crippen LogP contribution in [0.25, 0.3) is 0 Å². The molecule has 8 N–H and O–H groups in total. The van der Waals surface area contributed by atoms with E-state index in [4.69, 9.17) is 20.9 Å².